The van der Waals surface area contributed by atoms with Gasteiger partial charge in [-0.2, -0.15) is 13.2 Å². The van der Waals surface area contributed by atoms with E-state index in [2.05, 4.69) is 26.2 Å². The molecular weight excluding hydrogens is 829 g/mol. The number of hydrogen-bond acceptors (Lipinski definition) is 8. The van der Waals surface area contributed by atoms with Gasteiger partial charge >= 0.3 is 23.5 Å². The van der Waals surface area contributed by atoms with Gasteiger partial charge in [0.15, 0.2) is 0 Å². The van der Waals surface area contributed by atoms with Crippen molar-refractivity contribution in [1.29, 1.82) is 0 Å². The first-order valence-corrected chi connectivity index (χ1v) is 17.7. The summed E-state index contributed by atoms with van der Waals surface area (Å²) in [6.45, 7) is 4.54. The van der Waals surface area contributed by atoms with Crippen LogP contribution in [0.4, 0.5) is 27.6 Å². The maximum absolute atomic E-state index is 14.8. The summed E-state index contributed by atoms with van der Waals surface area (Å²) in [7, 11) is 5.92. The first-order valence-electron chi connectivity index (χ1n) is 16.9. The molecule has 5 aromatic rings. The topological polar surface area (TPSA) is 179 Å². The molecule has 2 atom stereocenters. The fourth-order valence-electron chi connectivity index (χ4n) is 5.91. The molecule has 0 aliphatic carbocycles. The molecular formula is C37H37BrF5N7O7. The number of alkyl halides is 3. The number of carboxylic acid groups (broad SMARTS) is 1. The number of carbonyl (C=O) groups excluding carboxylic acids is 1. The van der Waals surface area contributed by atoms with E-state index in [0.29, 0.717) is 50.0 Å². The molecule has 20 heteroatoms. The zero-order valence-corrected chi connectivity index (χ0v) is 33.1. The van der Waals surface area contributed by atoms with Gasteiger partial charge in [-0.1, -0.05) is 25.1 Å². The molecule has 1 amide bonds. The highest BCUT2D eigenvalue weighted by Crippen LogP contribution is 2.31. The van der Waals surface area contributed by atoms with Crippen molar-refractivity contribution in [2.45, 2.75) is 51.9 Å². The Morgan fingerprint density at radius 1 is 0.877 bits per heavy atom. The van der Waals surface area contributed by atoms with E-state index in [1.807, 2.05) is 5.32 Å². The van der Waals surface area contributed by atoms with Crippen molar-refractivity contribution < 1.29 is 36.6 Å². The standard InChI is InChI=1S/C30H28F5N5O5.C7H9BrN2O2/c1-5-22(30(33,34)35)37-16-12-19(31)24(20(32)13-16)26(41)38-21(28(43)44)11-15-8-9-18(25-17(15)7-6-10-36-25)23-14(2)39(3)29(45)40(4)27(23)42;1-4-5(8)6(11)10(3)7(12)9(4)2/h6-10,12-13,21-22,37H,5,11H2,1-4H3,(H,38,41)(H,43,44);1-3H3/t21-,22+;/m0./s1. The number of carboxylic acids is 1. The lowest BCUT2D eigenvalue weighted by molar-refractivity contribution is -0.143. The van der Waals surface area contributed by atoms with Crippen molar-refractivity contribution in [3.63, 3.8) is 0 Å². The second-order valence-corrected chi connectivity index (χ2v) is 13.8. The number of fused-ring (bicyclic) bond motifs is 1. The van der Waals surface area contributed by atoms with Crippen LogP contribution < -0.4 is 33.1 Å². The van der Waals surface area contributed by atoms with Crippen molar-refractivity contribution in [1.82, 2.24) is 28.6 Å². The molecule has 57 heavy (non-hydrogen) atoms. The van der Waals surface area contributed by atoms with Crippen LogP contribution in [-0.4, -0.2) is 58.5 Å². The fraction of sp³-hybridized carbons (Fsp3) is 0.324. The van der Waals surface area contributed by atoms with Crippen LogP contribution in [0.3, 0.4) is 0 Å². The Balaban J connectivity index is 0.000000512. The molecule has 3 aromatic heterocycles. The lowest BCUT2D eigenvalue weighted by Crippen LogP contribution is -2.43. The lowest BCUT2D eigenvalue weighted by Gasteiger charge is -2.22. The number of amides is 1. The molecule has 0 aliphatic heterocycles. The third-order valence-corrected chi connectivity index (χ3v) is 10.3. The molecule has 2 aromatic carbocycles. The summed E-state index contributed by atoms with van der Waals surface area (Å²) in [5.74, 6) is -5.97. The van der Waals surface area contributed by atoms with Gasteiger partial charge in [-0.15, -0.1) is 0 Å². The average Bonchev–Trinajstić information content (AvgIpc) is 3.16. The average molecular weight is 867 g/mol. The number of hydrogen-bond donors (Lipinski definition) is 3. The highest BCUT2D eigenvalue weighted by molar-refractivity contribution is 9.10. The number of carbonyl (C=O) groups is 2. The number of nitrogens with zero attached hydrogens (tertiary/aromatic N) is 5. The summed E-state index contributed by atoms with van der Waals surface area (Å²) in [4.78, 5) is 77.4. The maximum Gasteiger partial charge on any atom is 0.408 e. The van der Waals surface area contributed by atoms with Crippen LogP contribution >= 0.6 is 15.9 Å². The monoisotopic (exact) mass is 865 g/mol. The zero-order chi connectivity index (χ0) is 42.8. The zero-order valence-electron chi connectivity index (χ0n) is 31.5. The summed E-state index contributed by atoms with van der Waals surface area (Å²) in [6.07, 6.45) is -4.05. The van der Waals surface area contributed by atoms with E-state index in [0.717, 1.165) is 9.13 Å². The molecule has 0 bridgehead atoms. The smallest absolute Gasteiger partial charge is 0.408 e. The summed E-state index contributed by atoms with van der Waals surface area (Å²) in [6, 6.07) is 3.45. The van der Waals surface area contributed by atoms with Gasteiger partial charge in [0.05, 0.1) is 11.1 Å². The molecule has 0 saturated carbocycles. The number of halogens is 6. The van der Waals surface area contributed by atoms with Crippen molar-refractivity contribution in [2.24, 2.45) is 28.2 Å². The fourth-order valence-corrected chi connectivity index (χ4v) is 6.44. The molecule has 0 fully saturated rings. The predicted octanol–water partition coefficient (Wildman–Crippen LogP) is 4.22. The van der Waals surface area contributed by atoms with E-state index < -0.39 is 70.7 Å². The molecule has 0 aliphatic rings. The predicted molar refractivity (Wildman–Crippen MR) is 204 cm³/mol. The van der Waals surface area contributed by atoms with Crippen LogP contribution in [0.5, 0.6) is 0 Å². The van der Waals surface area contributed by atoms with E-state index >= 15 is 0 Å². The SMILES string of the molecule is CC[C@@H](Nc1cc(F)c(C(=O)N[C@@H](Cc2ccc(-c3c(C)n(C)c(=O)n(C)c3=O)c3ncccc23)C(=O)O)c(F)c1)C(F)(F)F.Cc1c(Br)c(=O)n(C)c(=O)n1C. The Morgan fingerprint density at radius 3 is 1.98 bits per heavy atom. The second-order valence-electron chi connectivity index (χ2n) is 13.0. The van der Waals surface area contributed by atoms with Gasteiger partial charge in [0.25, 0.3) is 17.0 Å². The Morgan fingerprint density at radius 2 is 1.44 bits per heavy atom. The number of aliphatic carboxylic acids is 1. The first kappa shape index (κ1) is 43.8. The third-order valence-electron chi connectivity index (χ3n) is 9.41. The highest BCUT2D eigenvalue weighted by atomic mass is 79.9. The van der Waals surface area contributed by atoms with Crippen molar-refractivity contribution in [3.05, 3.63) is 123 Å². The Kier molecular flexibility index (Phi) is 13.1. The molecule has 3 heterocycles. The van der Waals surface area contributed by atoms with Gasteiger partial charge in [0.1, 0.15) is 33.8 Å². The minimum Gasteiger partial charge on any atom is -0.480 e. The molecule has 3 N–H and O–H groups in total. The van der Waals surface area contributed by atoms with E-state index in [-0.39, 0.29) is 23.2 Å². The summed E-state index contributed by atoms with van der Waals surface area (Å²) in [5, 5.41) is 14.3. The van der Waals surface area contributed by atoms with Crippen LogP contribution in [0.15, 0.2) is 66.2 Å². The van der Waals surface area contributed by atoms with Crippen LogP contribution in [-0.2, 0) is 39.4 Å². The van der Waals surface area contributed by atoms with Gasteiger partial charge in [-0.3, -0.25) is 33.1 Å². The maximum atomic E-state index is 14.8. The number of rotatable bonds is 9. The number of anilines is 1. The number of aromatic nitrogens is 5. The van der Waals surface area contributed by atoms with Gasteiger partial charge in [0.2, 0.25) is 0 Å². The minimum atomic E-state index is -4.70. The van der Waals surface area contributed by atoms with Crippen LogP contribution in [0.25, 0.3) is 22.0 Å². The summed E-state index contributed by atoms with van der Waals surface area (Å²) < 4.78 is 74.1. The van der Waals surface area contributed by atoms with Crippen LogP contribution in [0.2, 0.25) is 0 Å². The minimum absolute atomic E-state index is 0.197. The molecule has 14 nitrogen and oxygen atoms in total. The molecule has 5 rings (SSSR count). The van der Waals surface area contributed by atoms with E-state index in [1.54, 1.807) is 33.0 Å². The molecule has 0 radical (unpaired) electrons. The van der Waals surface area contributed by atoms with Gasteiger partial charge < -0.3 is 20.3 Å². The summed E-state index contributed by atoms with van der Waals surface area (Å²) >= 11 is 3.12. The number of nitrogens with one attached hydrogen (secondary N) is 2. The number of pyridine rings is 1. The first-order chi connectivity index (χ1) is 26.5. The lowest BCUT2D eigenvalue weighted by atomic mass is 9.95. The van der Waals surface area contributed by atoms with Crippen molar-refractivity contribution in [3.8, 4) is 11.1 Å². The molecule has 0 unspecified atom stereocenters. The van der Waals surface area contributed by atoms with E-state index in [9.17, 15) is 55.8 Å². The number of benzene rings is 2. The van der Waals surface area contributed by atoms with E-state index in [4.69, 9.17) is 0 Å². The largest absolute Gasteiger partial charge is 0.480 e. The Labute approximate surface area is 328 Å². The van der Waals surface area contributed by atoms with Gasteiger partial charge in [-0.05, 0) is 60.0 Å². The van der Waals surface area contributed by atoms with Crippen LogP contribution in [0, 0.1) is 25.5 Å². The summed E-state index contributed by atoms with van der Waals surface area (Å²) in [5.41, 5.74) is -1.19. The van der Waals surface area contributed by atoms with Crippen molar-refractivity contribution >= 4 is 44.4 Å². The Bertz CT molecular complexity index is 2590. The van der Waals surface area contributed by atoms with E-state index in [1.165, 1.54) is 55.5 Å². The highest BCUT2D eigenvalue weighted by Gasteiger charge is 2.38. The molecule has 0 spiro atoms. The molecule has 0 saturated heterocycles. The quantitative estimate of drug-likeness (QED) is 0.183. The van der Waals surface area contributed by atoms with Crippen LogP contribution in [0.1, 0.15) is 40.7 Å². The normalized spacial score (nSPS) is 12.4. The molecule has 304 valence electrons. The van der Waals surface area contributed by atoms with Gasteiger partial charge in [0, 0.05) is 68.8 Å². The third kappa shape index (κ3) is 8.90. The van der Waals surface area contributed by atoms with Crippen molar-refractivity contribution in [2.75, 3.05) is 5.32 Å². The second kappa shape index (κ2) is 17.1. The van der Waals surface area contributed by atoms with Gasteiger partial charge in [-0.25, -0.2) is 23.2 Å². The Hall–Kier alpha value is -5.92.